The van der Waals surface area contributed by atoms with Gasteiger partial charge in [0.2, 0.25) is 5.91 Å². The zero-order valence-electron chi connectivity index (χ0n) is 18.1. The van der Waals surface area contributed by atoms with Gasteiger partial charge in [-0.1, -0.05) is 26.8 Å². The number of amides is 1. The van der Waals surface area contributed by atoms with Crippen LogP contribution < -0.4 is 8.92 Å². The largest absolute Gasteiger partial charge is 0.493 e. The average Bonchev–Trinajstić information content (AvgIpc) is 3.13. The molecule has 0 aliphatic carbocycles. The lowest BCUT2D eigenvalue weighted by Gasteiger charge is -2.29. The molecule has 0 aromatic heterocycles. The highest BCUT2D eigenvalue weighted by Gasteiger charge is 2.26. The van der Waals surface area contributed by atoms with Crippen molar-refractivity contribution in [1.29, 1.82) is 0 Å². The molecule has 1 atom stereocenters. The number of hydrogen-bond acceptors (Lipinski definition) is 6. The first kappa shape index (κ1) is 23.5. The van der Waals surface area contributed by atoms with Crippen LogP contribution in [0.15, 0.2) is 18.2 Å². The van der Waals surface area contributed by atoms with E-state index >= 15 is 0 Å². The summed E-state index contributed by atoms with van der Waals surface area (Å²) < 4.78 is 40.0. The van der Waals surface area contributed by atoms with Crippen molar-refractivity contribution in [3.05, 3.63) is 23.8 Å². The third-order valence-electron chi connectivity index (χ3n) is 4.65. The summed E-state index contributed by atoms with van der Waals surface area (Å²) in [7, 11) is -2.23. The molecule has 7 nitrogen and oxygen atoms in total. The minimum absolute atomic E-state index is 0.0355. The van der Waals surface area contributed by atoms with Crippen LogP contribution in [0.4, 0.5) is 0 Å². The van der Waals surface area contributed by atoms with Crippen molar-refractivity contribution in [3.63, 3.8) is 0 Å². The number of hydrogen-bond donors (Lipinski definition) is 0. The van der Waals surface area contributed by atoms with Gasteiger partial charge in [-0.15, -0.1) is 0 Å². The molecule has 0 radical (unpaired) electrons. The second-order valence-corrected chi connectivity index (χ2v) is 10.4. The number of ether oxygens (including phenoxy) is 2. The molecule has 0 unspecified atom stereocenters. The van der Waals surface area contributed by atoms with Gasteiger partial charge in [-0.25, -0.2) is 0 Å². The summed E-state index contributed by atoms with van der Waals surface area (Å²) in [4.78, 5) is 14.7. The van der Waals surface area contributed by atoms with E-state index in [9.17, 15) is 13.2 Å². The average molecular weight is 428 g/mol. The predicted octanol–water partition coefficient (Wildman–Crippen LogP) is 3.37. The Hall–Kier alpha value is -1.80. The molecule has 1 saturated heterocycles. The lowest BCUT2D eigenvalue weighted by Crippen LogP contribution is -2.38. The van der Waals surface area contributed by atoms with Crippen molar-refractivity contribution >= 4 is 16.0 Å². The highest BCUT2D eigenvalue weighted by molar-refractivity contribution is 7.87. The van der Waals surface area contributed by atoms with Crippen molar-refractivity contribution in [2.24, 2.45) is 5.41 Å². The predicted molar refractivity (Wildman–Crippen MR) is 112 cm³/mol. The minimum atomic E-state index is -3.69. The van der Waals surface area contributed by atoms with Crippen LogP contribution in [0.1, 0.15) is 52.5 Å². The van der Waals surface area contributed by atoms with Gasteiger partial charge in [-0.05, 0) is 42.9 Å². The van der Waals surface area contributed by atoms with Crippen LogP contribution in [0.25, 0.3) is 0 Å². The summed E-state index contributed by atoms with van der Waals surface area (Å²) in [6.45, 7) is 9.20. The normalized spacial score (nSPS) is 17.2. The molecule has 8 heteroatoms. The second kappa shape index (κ2) is 9.80. The smallest absolute Gasteiger partial charge is 0.309 e. The van der Waals surface area contributed by atoms with Crippen LogP contribution in [0.2, 0.25) is 0 Å². The Labute approximate surface area is 174 Å². The fraction of sp³-hybridized carbons (Fsp3) is 0.667. The first-order chi connectivity index (χ1) is 13.5. The van der Waals surface area contributed by atoms with Gasteiger partial charge in [0, 0.05) is 26.1 Å². The molecule has 0 spiro atoms. The molecule has 0 N–H and O–H groups in total. The van der Waals surface area contributed by atoms with Crippen molar-refractivity contribution in [1.82, 2.24) is 4.90 Å². The van der Waals surface area contributed by atoms with E-state index in [-0.39, 0.29) is 28.9 Å². The maximum absolute atomic E-state index is 13.0. The number of carbonyl (C=O) groups excluding carboxylic acids is 1. The van der Waals surface area contributed by atoms with Gasteiger partial charge in [0.25, 0.3) is 0 Å². The number of nitrogens with zero attached hydrogens (tertiary/aromatic N) is 1. The van der Waals surface area contributed by atoms with E-state index in [4.69, 9.17) is 13.7 Å². The molecule has 1 aliphatic heterocycles. The van der Waals surface area contributed by atoms with E-state index in [1.165, 1.54) is 14.0 Å². The summed E-state index contributed by atoms with van der Waals surface area (Å²) in [5.41, 5.74) is 0.641. The van der Waals surface area contributed by atoms with Gasteiger partial charge in [0.05, 0.1) is 19.0 Å². The van der Waals surface area contributed by atoms with Gasteiger partial charge in [-0.3, -0.25) is 4.79 Å². The summed E-state index contributed by atoms with van der Waals surface area (Å²) in [6, 6.07) is 5.10. The highest BCUT2D eigenvalue weighted by atomic mass is 32.2. The molecule has 1 aromatic carbocycles. The maximum Gasteiger partial charge on any atom is 0.309 e. The van der Waals surface area contributed by atoms with Crippen LogP contribution in [-0.4, -0.2) is 51.3 Å². The number of carbonyl (C=O) groups is 1. The molecule has 164 valence electrons. The molecule has 2 rings (SSSR count). The van der Waals surface area contributed by atoms with Crippen LogP contribution in [-0.2, 0) is 26.2 Å². The Balaban J connectivity index is 2.25. The summed E-state index contributed by atoms with van der Waals surface area (Å²) in [6.07, 6.45) is 2.39. The third kappa shape index (κ3) is 7.51. The molecule has 1 fully saturated rings. The maximum atomic E-state index is 13.0. The summed E-state index contributed by atoms with van der Waals surface area (Å²) in [5.74, 6) is 0.368. The SMILES string of the molecule is CCS(=O)(=O)Oc1cc(CN(C[C@@H]2CCCO2)C(=O)CC(C)(C)C)ccc1OC. The van der Waals surface area contributed by atoms with E-state index in [0.717, 1.165) is 25.0 Å². The molecular weight excluding hydrogens is 394 g/mol. The van der Waals surface area contributed by atoms with Crippen LogP contribution in [0.5, 0.6) is 11.5 Å². The van der Waals surface area contributed by atoms with E-state index in [2.05, 4.69) is 0 Å². The quantitative estimate of drug-likeness (QED) is 0.562. The first-order valence-electron chi connectivity index (χ1n) is 10.0. The Bertz CT molecular complexity index is 794. The molecule has 29 heavy (non-hydrogen) atoms. The third-order valence-corrected chi connectivity index (χ3v) is 5.79. The van der Waals surface area contributed by atoms with E-state index < -0.39 is 10.1 Å². The van der Waals surface area contributed by atoms with Gasteiger partial charge < -0.3 is 18.6 Å². The lowest BCUT2D eigenvalue weighted by molar-refractivity contribution is -0.135. The molecule has 1 heterocycles. The van der Waals surface area contributed by atoms with Gasteiger partial charge in [0.15, 0.2) is 11.5 Å². The van der Waals surface area contributed by atoms with Crippen LogP contribution in [0.3, 0.4) is 0 Å². The van der Waals surface area contributed by atoms with Crippen LogP contribution >= 0.6 is 0 Å². The van der Waals surface area contributed by atoms with E-state index in [0.29, 0.717) is 25.3 Å². The molecule has 1 aromatic rings. The molecule has 0 saturated carbocycles. The zero-order chi connectivity index (χ0) is 21.7. The van der Waals surface area contributed by atoms with Gasteiger partial charge >= 0.3 is 10.1 Å². The second-order valence-electron chi connectivity index (χ2n) is 8.56. The van der Waals surface area contributed by atoms with Gasteiger partial charge in [0.1, 0.15) is 0 Å². The molecule has 1 aliphatic rings. The molecular formula is C21H33NO6S. The zero-order valence-corrected chi connectivity index (χ0v) is 18.9. The molecule has 1 amide bonds. The lowest BCUT2D eigenvalue weighted by atomic mass is 9.91. The highest BCUT2D eigenvalue weighted by Crippen LogP contribution is 2.30. The monoisotopic (exact) mass is 427 g/mol. The van der Waals surface area contributed by atoms with Crippen LogP contribution in [0, 0.1) is 5.41 Å². The fourth-order valence-electron chi connectivity index (χ4n) is 3.15. The van der Waals surface area contributed by atoms with Gasteiger partial charge in [-0.2, -0.15) is 8.42 Å². The topological polar surface area (TPSA) is 82.1 Å². The van der Waals surface area contributed by atoms with E-state index in [1.807, 2.05) is 26.8 Å². The summed E-state index contributed by atoms with van der Waals surface area (Å²) >= 11 is 0. The Morgan fingerprint density at radius 1 is 1.28 bits per heavy atom. The first-order valence-corrected chi connectivity index (χ1v) is 11.6. The number of benzene rings is 1. The number of methoxy groups -OCH3 is 1. The standard InChI is InChI=1S/C21H33NO6S/c1-6-29(24,25)28-19-12-16(9-10-18(19)26-5)14-22(15-17-8-7-11-27-17)20(23)13-21(2,3)4/h9-10,12,17H,6-8,11,13-15H2,1-5H3/t17-/m0/s1. The minimum Gasteiger partial charge on any atom is -0.493 e. The Morgan fingerprint density at radius 3 is 2.55 bits per heavy atom. The van der Waals surface area contributed by atoms with Crippen molar-refractivity contribution in [3.8, 4) is 11.5 Å². The number of rotatable bonds is 9. The Kier molecular flexibility index (Phi) is 7.94. The Morgan fingerprint density at radius 2 is 2.00 bits per heavy atom. The van der Waals surface area contributed by atoms with Crippen molar-refractivity contribution in [2.45, 2.75) is 59.6 Å². The van der Waals surface area contributed by atoms with Crippen molar-refractivity contribution in [2.75, 3.05) is 26.0 Å². The summed E-state index contributed by atoms with van der Waals surface area (Å²) in [5, 5.41) is 0. The van der Waals surface area contributed by atoms with Crippen molar-refractivity contribution < 1.29 is 26.9 Å². The fourth-order valence-corrected chi connectivity index (χ4v) is 3.68. The van der Waals surface area contributed by atoms with E-state index in [1.54, 1.807) is 17.0 Å². The molecule has 0 bridgehead atoms.